The van der Waals surface area contributed by atoms with Crippen LogP contribution in [0.1, 0.15) is 37.9 Å². The molecule has 3 rings (SSSR count). The van der Waals surface area contributed by atoms with E-state index in [4.69, 9.17) is 0 Å². The third kappa shape index (κ3) is 4.08. The Labute approximate surface area is 130 Å². The molecule has 6 heteroatoms. The zero-order valence-electron chi connectivity index (χ0n) is 12.9. The Morgan fingerprint density at radius 1 is 1.36 bits per heavy atom. The summed E-state index contributed by atoms with van der Waals surface area (Å²) in [5, 5.41) is 3.04. The smallest absolute Gasteiger partial charge is 0.224 e. The summed E-state index contributed by atoms with van der Waals surface area (Å²) in [6.07, 6.45) is 8.81. The van der Waals surface area contributed by atoms with Gasteiger partial charge in [0.15, 0.2) is 0 Å². The lowest BCUT2D eigenvalue weighted by atomic mass is 9.96. The zero-order valence-corrected chi connectivity index (χ0v) is 12.9. The number of aromatic amines is 1. The molecule has 2 amide bonds. The molecule has 22 heavy (non-hydrogen) atoms. The van der Waals surface area contributed by atoms with Crippen LogP contribution in [0.2, 0.25) is 0 Å². The van der Waals surface area contributed by atoms with Crippen LogP contribution < -0.4 is 5.32 Å². The highest BCUT2D eigenvalue weighted by Crippen LogP contribution is 2.28. The fourth-order valence-electron chi connectivity index (χ4n) is 2.95. The maximum atomic E-state index is 12.3. The average Bonchev–Trinajstić information content (AvgIpc) is 3.24. The Balaban J connectivity index is 1.44. The van der Waals surface area contributed by atoms with Crippen molar-refractivity contribution in [1.82, 2.24) is 20.2 Å². The highest BCUT2D eigenvalue weighted by atomic mass is 16.2. The fourth-order valence-corrected chi connectivity index (χ4v) is 2.95. The standard InChI is InChI=1S/C16H24N4O2/c21-15(6-5-14-17-7-8-18-14)20-9-1-2-13(11-20)16(22)19-10-12-3-4-12/h7-8,12-13H,1-6,9-11H2,(H,17,18)(H,19,22)/t13-/m0/s1. The summed E-state index contributed by atoms with van der Waals surface area (Å²) in [6, 6.07) is 0. The van der Waals surface area contributed by atoms with Crippen molar-refractivity contribution in [3.05, 3.63) is 18.2 Å². The van der Waals surface area contributed by atoms with Crippen molar-refractivity contribution in [2.45, 2.75) is 38.5 Å². The topological polar surface area (TPSA) is 78.1 Å². The van der Waals surface area contributed by atoms with Gasteiger partial charge in [-0.1, -0.05) is 0 Å². The first-order valence-corrected chi connectivity index (χ1v) is 8.26. The van der Waals surface area contributed by atoms with Gasteiger partial charge in [-0.3, -0.25) is 9.59 Å². The number of nitrogens with zero attached hydrogens (tertiary/aromatic N) is 2. The minimum atomic E-state index is -0.0416. The van der Waals surface area contributed by atoms with E-state index in [-0.39, 0.29) is 17.7 Å². The minimum absolute atomic E-state index is 0.0416. The van der Waals surface area contributed by atoms with Gasteiger partial charge in [0.2, 0.25) is 11.8 Å². The molecule has 0 unspecified atom stereocenters. The zero-order chi connectivity index (χ0) is 15.4. The van der Waals surface area contributed by atoms with Gasteiger partial charge < -0.3 is 15.2 Å². The number of aromatic nitrogens is 2. The number of amides is 2. The summed E-state index contributed by atoms with van der Waals surface area (Å²) in [5.74, 6) is 1.73. The molecule has 120 valence electrons. The van der Waals surface area contributed by atoms with E-state index in [0.29, 0.717) is 25.3 Å². The van der Waals surface area contributed by atoms with Crippen molar-refractivity contribution in [3.8, 4) is 0 Å². The molecule has 1 aromatic heterocycles. The molecule has 1 saturated heterocycles. The normalized spacial score (nSPS) is 21.6. The predicted octanol–water partition coefficient (Wildman–Crippen LogP) is 1.11. The van der Waals surface area contributed by atoms with E-state index in [0.717, 1.165) is 31.8 Å². The molecule has 6 nitrogen and oxygen atoms in total. The van der Waals surface area contributed by atoms with Gasteiger partial charge in [0.05, 0.1) is 5.92 Å². The van der Waals surface area contributed by atoms with Crippen molar-refractivity contribution in [1.29, 1.82) is 0 Å². The lowest BCUT2D eigenvalue weighted by Gasteiger charge is -2.32. The Morgan fingerprint density at radius 3 is 2.95 bits per heavy atom. The summed E-state index contributed by atoms with van der Waals surface area (Å²) in [5.41, 5.74) is 0. The van der Waals surface area contributed by atoms with Gasteiger partial charge in [-0.15, -0.1) is 0 Å². The molecule has 1 saturated carbocycles. The second kappa shape index (κ2) is 6.94. The van der Waals surface area contributed by atoms with Crippen LogP contribution in [0.25, 0.3) is 0 Å². The fraction of sp³-hybridized carbons (Fsp3) is 0.688. The van der Waals surface area contributed by atoms with E-state index < -0.39 is 0 Å². The third-order valence-corrected chi connectivity index (χ3v) is 4.54. The number of nitrogens with one attached hydrogen (secondary N) is 2. The van der Waals surface area contributed by atoms with Gasteiger partial charge in [-0.25, -0.2) is 4.98 Å². The Bertz CT molecular complexity index is 510. The summed E-state index contributed by atoms with van der Waals surface area (Å²) in [4.78, 5) is 33.5. The molecular formula is C16H24N4O2. The van der Waals surface area contributed by atoms with Crippen LogP contribution >= 0.6 is 0 Å². The first-order chi connectivity index (χ1) is 10.7. The van der Waals surface area contributed by atoms with Crippen LogP contribution in [0.5, 0.6) is 0 Å². The first-order valence-electron chi connectivity index (χ1n) is 8.26. The van der Waals surface area contributed by atoms with E-state index in [2.05, 4.69) is 15.3 Å². The van der Waals surface area contributed by atoms with Crippen LogP contribution in [0, 0.1) is 11.8 Å². The maximum Gasteiger partial charge on any atom is 0.224 e. The SMILES string of the molecule is O=C(NCC1CC1)[C@H]1CCCN(C(=O)CCc2ncc[nH]2)C1. The van der Waals surface area contributed by atoms with Crippen LogP contribution in [0.3, 0.4) is 0 Å². The molecule has 0 bridgehead atoms. The Kier molecular flexibility index (Phi) is 4.75. The molecule has 1 aliphatic carbocycles. The summed E-state index contributed by atoms with van der Waals surface area (Å²) < 4.78 is 0. The van der Waals surface area contributed by atoms with Gasteiger partial charge in [0, 0.05) is 44.9 Å². The van der Waals surface area contributed by atoms with Crippen LogP contribution in [0.15, 0.2) is 12.4 Å². The number of piperidine rings is 1. The molecule has 1 atom stereocenters. The number of hydrogen-bond acceptors (Lipinski definition) is 3. The molecule has 2 fully saturated rings. The minimum Gasteiger partial charge on any atom is -0.356 e. The van der Waals surface area contributed by atoms with E-state index in [1.165, 1.54) is 12.8 Å². The van der Waals surface area contributed by atoms with Crippen LogP contribution in [0.4, 0.5) is 0 Å². The molecule has 2 heterocycles. The number of aryl methyl sites for hydroxylation is 1. The van der Waals surface area contributed by atoms with E-state index in [1.807, 2.05) is 4.90 Å². The van der Waals surface area contributed by atoms with Crippen molar-refractivity contribution < 1.29 is 9.59 Å². The highest BCUT2D eigenvalue weighted by Gasteiger charge is 2.29. The number of H-pyrrole nitrogens is 1. The predicted molar refractivity (Wildman–Crippen MR) is 81.9 cm³/mol. The monoisotopic (exact) mass is 304 g/mol. The Hall–Kier alpha value is -1.85. The van der Waals surface area contributed by atoms with E-state index in [9.17, 15) is 9.59 Å². The summed E-state index contributed by atoms with van der Waals surface area (Å²) in [7, 11) is 0. The number of carbonyl (C=O) groups is 2. The quantitative estimate of drug-likeness (QED) is 0.826. The molecule has 0 spiro atoms. The van der Waals surface area contributed by atoms with Crippen LogP contribution in [-0.2, 0) is 16.0 Å². The number of carbonyl (C=O) groups excluding carboxylic acids is 2. The lowest BCUT2D eigenvalue weighted by Crippen LogP contribution is -2.45. The van der Waals surface area contributed by atoms with Crippen LogP contribution in [-0.4, -0.2) is 46.3 Å². The lowest BCUT2D eigenvalue weighted by molar-refractivity contribution is -0.135. The van der Waals surface area contributed by atoms with Gasteiger partial charge in [0.25, 0.3) is 0 Å². The maximum absolute atomic E-state index is 12.3. The van der Waals surface area contributed by atoms with Crippen molar-refractivity contribution >= 4 is 11.8 Å². The largest absolute Gasteiger partial charge is 0.356 e. The van der Waals surface area contributed by atoms with Crippen molar-refractivity contribution in [3.63, 3.8) is 0 Å². The average molecular weight is 304 g/mol. The second-order valence-corrected chi connectivity index (χ2v) is 6.40. The Morgan fingerprint density at radius 2 is 2.23 bits per heavy atom. The molecular weight excluding hydrogens is 280 g/mol. The van der Waals surface area contributed by atoms with Crippen molar-refractivity contribution in [2.75, 3.05) is 19.6 Å². The first kappa shape index (κ1) is 15.1. The number of imidazole rings is 1. The summed E-state index contributed by atoms with van der Waals surface area (Å²) in [6.45, 7) is 2.14. The summed E-state index contributed by atoms with van der Waals surface area (Å²) >= 11 is 0. The van der Waals surface area contributed by atoms with Gasteiger partial charge >= 0.3 is 0 Å². The van der Waals surface area contributed by atoms with Crippen molar-refractivity contribution in [2.24, 2.45) is 11.8 Å². The van der Waals surface area contributed by atoms with E-state index >= 15 is 0 Å². The third-order valence-electron chi connectivity index (χ3n) is 4.54. The second-order valence-electron chi connectivity index (χ2n) is 6.40. The number of rotatable bonds is 6. The van der Waals surface area contributed by atoms with Gasteiger partial charge in [-0.2, -0.15) is 0 Å². The molecule has 2 N–H and O–H groups in total. The number of likely N-dealkylation sites (tertiary alicyclic amines) is 1. The molecule has 0 radical (unpaired) electrons. The van der Waals surface area contributed by atoms with Gasteiger partial charge in [-0.05, 0) is 31.6 Å². The molecule has 1 aliphatic heterocycles. The molecule has 0 aromatic carbocycles. The van der Waals surface area contributed by atoms with E-state index in [1.54, 1.807) is 12.4 Å². The molecule has 2 aliphatic rings. The number of hydrogen-bond donors (Lipinski definition) is 2. The van der Waals surface area contributed by atoms with Gasteiger partial charge in [0.1, 0.15) is 5.82 Å². The molecule has 1 aromatic rings. The highest BCUT2D eigenvalue weighted by molar-refractivity contribution is 5.81.